The van der Waals surface area contributed by atoms with Gasteiger partial charge in [-0.3, -0.25) is 9.99 Å². The lowest BCUT2D eigenvalue weighted by atomic mass is 10.2. The van der Waals surface area contributed by atoms with Crippen molar-refractivity contribution in [2.45, 2.75) is 26.9 Å². The Labute approximate surface area is 148 Å². The van der Waals surface area contributed by atoms with Gasteiger partial charge >= 0.3 is 6.18 Å². The SMILES string of the molecule is Cc1cc(-n2c(C)cc(/C=N\Nc3ccccc3C(F)(F)F)c2C)no1. The summed E-state index contributed by atoms with van der Waals surface area (Å²) in [7, 11) is 0. The maximum atomic E-state index is 13.0. The number of alkyl halides is 3. The van der Waals surface area contributed by atoms with Gasteiger partial charge < -0.3 is 4.52 Å². The Morgan fingerprint density at radius 2 is 1.88 bits per heavy atom. The van der Waals surface area contributed by atoms with Gasteiger partial charge in [-0.25, -0.2) is 0 Å². The van der Waals surface area contributed by atoms with Gasteiger partial charge in [0.1, 0.15) is 5.76 Å². The van der Waals surface area contributed by atoms with E-state index in [-0.39, 0.29) is 5.69 Å². The monoisotopic (exact) mass is 362 g/mol. The van der Waals surface area contributed by atoms with Crippen molar-refractivity contribution in [1.29, 1.82) is 0 Å². The molecule has 5 nitrogen and oxygen atoms in total. The van der Waals surface area contributed by atoms with Crippen LogP contribution in [0.15, 0.2) is 46.0 Å². The summed E-state index contributed by atoms with van der Waals surface area (Å²) in [6.45, 7) is 5.58. The van der Waals surface area contributed by atoms with Crippen molar-refractivity contribution in [3.05, 3.63) is 64.7 Å². The number of nitrogens with zero attached hydrogens (tertiary/aromatic N) is 3. The molecule has 0 saturated carbocycles. The first-order chi connectivity index (χ1) is 12.3. The number of aromatic nitrogens is 2. The van der Waals surface area contributed by atoms with Crippen molar-refractivity contribution < 1.29 is 17.7 Å². The molecule has 26 heavy (non-hydrogen) atoms. The largest absolute Gasteiger partial charge is 0.418 e. The van der Waals surface area contributed by atoms with Crippen LogP contribution in [0.3, 0.4) is 0 Å². The number of hydrazone groups is 1. The van der Waals surface area contributed by atoms with Crippen LogP contribution in [0.25, 0.3) is 5.82 Å². The van der Waals surface area contributed by atoms with Crippen LogP contribution in [-0.2, 0) is 6.18 Å². The Balaban J connectivity index is 1.85. The van der Waals surface area contributed by atoms with Crippen LogP contribution >= 0.6 is 0 Å². The normalized spacial score (nSPS) is 12.1. The molecule has 1 N–H and O–H groups in total. The molecule has 0 saturated heterocycles. The van der Waals surface area contributed by atoms with Gasteiger partial charge in [-0.1, -0.05) is 17.3 Å². The van der Waals surface area contributed by atoms with Gasteiger partial charge in [0.15, 0.2) is 5.82 Å². The Morgan fingerprint density at radius 1 is 1.15 bits per heavy atom. The lowest BCUT2D eigenvalue weighted by Gasteiger charge is -2.11. The first kappa shape index (κ1) is 17.8. The molecule has 136 valence electrons. The Morgan fingerprint density at radius 3 is 2.54 bits per heavy atom. The molecule has 0 unspecified atom stereocenters. The van der Waals surface area contributed by atoms with Crippen LogP contribution in [0.2, 0.25) is 0 Å². The zero-order valence-electron chi connectivity index (χ0n) is 14.4. The highest BCUT2D eigenvalue weighted by atomic mass is 19.4. The van der Waals surface area contributed by atoms with Crippen molar-refractivity contribution in [1.82, 2.24) is 9.72 Å². The molecule has 0 atom stereocenters. The fourth-order valence-electron chi connectivity index (χ4n) is 2.73. The van der Waals surface area contributed by atoms with Crippen molar-refractivity contribution in [2.75, 3.05) is 5.43 Å². The van der Waals surface area contributed by atoms with Gasteiger partial charge in [-0.2, -0.15) is 18.3 Å². The smallest absolute Gasteiger partial charge is 0.360 e. The fraction of sp³-hybridized carbons (Fsp3) is 0.222. The average molecular weight is 362 g/mol. The summed E-state index contributed by atoms with van der Waals surface area (Å²) in [6, 6.07) is 8.88. The predicted octanol–water partition coefficient (Wildman–Crippen LogP) is 4.86. The minimum Gasteiger partial charge on any atom is -0.360 e. The number of halogens is 3. The summed E-state index contributed by atoms with van der Waals surface area (Å²) in [5.74, 6) is 1.33. The number of nitrogens with one attached hydrogen (secondary N) is 1. The molecule has 0 bridgehead atoms. The van der Waals surface area contributed by atoms with E-state index in [1.54, 1.807) is 13.0 Å². The van der Waals surface area contributed by atoms with Crippen LogP contribution in [-0.4, -0.2) is 15.9 Å². The minimum absolute atomic E-state index is 0.0998. The molecule has 2 heterocycles. The molecule has 0 aliphatic rings. The van der Waals surface area contributed by atoms with Gasteiger partial charge in [-0.05, 0) is 39.0 Å². The van der Waals surface area contributed by atoms with Gasteiger partial charge in [-0.15, -0.1) is 0 Å². The molecule has 1 aromatic carbocycles. The van der Waals surface area contributed by atoms with Gasteiger partial charge in [0, 0.05) is 23.0 Å². The standard InChI is InChI=1S/C18H17F3N4O/c1-11-8-14(13(3)25(11)17-9-12(2)26-24-17)10-22-23-16-7-5-4-6-15(16)18(19,20)21/h4-10,23H,1-3H3/b22-10-. The Kier molecular flexibility index (Phi) is 4.58. The molecule has 0 amide bonds. The topological polar surface area (TPSA) is 55.4 Å². The molecular formula is C18H17F3N4O. The minimum atomic E-state index is -4.44. The molecule has 3 aromatic rings. The zero-order chi connectivity index (χ0) is 18.9. The maximum absolute atomic E-state index is 13.0. The Hall–Kier alpha value is -3.03. The molecule has 2 aromatic heterocycles. The lowest BCUT2D eigenvalue weighted by molar-refractivity contribution is -0.136. The second-order valence-electron chi connectivity index (χ2n) is 5.87. The summed E-state index contributed by atoms with van der Waals surface area (Å²) >= 11 is 0. The van der Waals surface area contributed by atoms with Gasteiger partial charge in [0.2, 0.25) is 0 Å². The highest BCUT2D eigenvalue weighted by Crippen LogP contribution is 2.34. The van der Waals surface area contributed by atoms with Crippen LogP contribution in [0.5, 0.6) is 0 Å². The van der Waals surface area contributed by atoms with Crippen molar-refractivity contribution >= 4 is 11.9 Å². The lowest BCUT2D eigenvalue weighted by Crippen LogP contribution is -2.08. The summed E-state index contributed by atoms with van der Waals surface area (Å²) in [5.41, 5.74) is 4.14. The quantitative estimate of drug-likeness (QED) is 0.533. The van der Waals surface area contributed by atoms with Crippen LogP contribution in [0.1, 0.15) is 28.3 Å². The molecule has 0 spiro atoms. The molecule has 0 fully saturated rings. The number of benzene rings is 1. The van der Waals surface area contributed by atoms with E-state index in [1.165, 1.54) is 24.4 Å². The number of aryl methyl sites for hydroxylation is 2. The zero-order valence-corrected chi connectivity index (χ0v) is 14.4. The number of rotatable bonds is 4. The predicted molar refractivity (Wildman–Crippen MR) is 92.7 cm³/mol. The van der Waals surface area contributed by atoms with E-state index < -0.39 is 11.7 Å². The first-order valence-electron chi connectivity index (χ1n) is 7.85. The number of hydrogen-bond donors (Lipinski definition) is 1. The van der Waals surface area contributed by atoms with E-state index in [9.17, 15) is 13.2 Å². The van der Waals surface area contributed by atoms with E-state index >= 15 is 0 Å². The third kappa shape index (κ3) is 3.49. The highest BCUT2D eigenvalue weighted by molar-refractivity contribution is 5.82. The second kappa shape index (κ2) is 6.70. The number of hydrogen-bond acceptors (Lipinski definition) is 4. The second-order valence-corrected chi connectivity index (χ2v) is 5.87. The van der Waals surface area contributed by atoms with Crippen LogP contribution in [0.4, 0.5) is 18.9 Å². The van der Waals surface area contributed by atoms with Crippen molar-refractivity contribution in [2.24, 2.45) is 5.10 Å². The van der Waals surface area contributed by atoms with Crippen molar-refractivity contribution in [3.8, 4) is 5.82 Å². The van der Waals surface area contributed by atoms with Gasteiger partial charge in [0.05, 0.1) is 17.5 Å². The van der Waals surface area contributed by atoms with E-state index in [4.69, 9.17) is 4.52 Å². The third-order valence-electron chi connectivity index (χ3n) is 3.94. The summed E-state index contributed by atoms with van der Waals surface area (Å²) < 4.78 is 46.0. The summed E-state index contributed by atoms with van der Waals surface area (Å²) in [4.78, 5) is 0. The summed E-state index contributed by atoms with van der Waals surface area (Å²) in [5, 5.41) is 7.96. The molecule has 0 radical (unpaired) electrons. The van der Waals surface area contributed by atoms with E-state index in [0.29, 0.717) is 11.6 Å². The third-order valence-corrected chi connectivity index (χ3v) is 3.94. The maximum Gasteiger partial charge on any atom is 0.418 e. The van der Waals surface area contributed by atoms with E-state index in [2.05, 4.69) is 15.7 Å². The van der Waals surface area contributed by atoms with Crippen LogP contribution < -0.4 is 5.43 Å². The van der Waals surface area contributed by atoms with E-state index in [0.717, 1.165) is 23.0 Å². The van der Waals surface area contributed by atoms with E-state index in [1.807, 2.05) is 24.5 Å². The molecule has 8 heteroatoms. The molecular weight excluding hydrogens is 345 g/mol. The number of anilines is 1. The fourth-order valence-corrected chi connectivity index (χ4v) is 2.73. The number of para-hydroxylation sites is 1. The molecule has 0 aliphatic carbocycles. The first-order valence-corrected chi connectivity index (χ1v) is 7.85. The average Bonchev–Trinajstić information content (AvgIpc) is 3.10. The highest BCUT2D eigenvalue weighted by Gasteiger charge is 2.33. The molecule has 3 rings (SSSR count). The van der Waals surface area contributed by atoms with Gasteiger partial charge in [0.25, 0.3) is 0 Å². The van der Waals surface area contributed by atoms with Crippen molar-refractivity contribution in [3.63, 3.8) is 0 Å². The molecule has 0 aliphatic heterocycles. The van der Waals surface area contributed by atoms with Crippen LogP contribution in [0, 0.1) is 20.8 Å². The Bertz CT molecular complexity index is 954. The summed E-state index contributed by atoms with van der Waals surface area (Å²) in [6.07, 6.45) is -2.96.